The fourth-order valence-electron chi connectivity index (χ4n) is 5.17. The highest BCUT2D eigenvalue weighted by Crippen LogP contribution is 2.48. The number of ether oxygens (including phenoxy) is 1. The van der Waals surface area contributed by atoms with Crippen molar-refractivity contribution in [2.75, 3.05) is 0 Å². The number of carbonyl (C=O) groups is 1. The van der Waals surface area contributed by atoms with Crippen LogP contribution in [-0.4, -0.2) is 17.6 Å². The number of hydrogen-bond donors (Lipinski definition) is 1. The van der Waals surface area contributed by atoms with Crippen LogP contribution in [0.25, 0.3) is 0 Å². The summed E-state index contributed by atoms with van der Waals surface area (Å²) in [5, 5.41) is 4.13. The average Bonchev–Trinajstić information content (AvgIpc) is 2.67. The van der Waals surface area contributed by atoms with E-state index in [9.17, 15) is 4.79 Å². The summed E-state index contributed by atoms with van der Waals surface area (Å²) in [6.45, 7) is 6.51. The van der Waals surface area contributed by atoms with E-state index in [-0.39, 0.29) is 23.7 Å². The molecule has 0 aromatic heterocycles. The van der Waals surface area contributed by atoms with Crippen molar-refractivity contribution >= 4 is 17.5 Å². The fraction of sp³-hybridized carbons (Fsp3) is 0.480. The summed E-state index contributed by atoms with van der Waals surface area (Å²) in [6.07, 6.45) is 4.14. The number of aryl methyl sites for hydroxylation is 1. The Hall–Kier alpha value is -1.84. The van der Waals surface area contributed by atoms with Crippen molar-refractivity contribution in [1.29, 1.82) is 0 Å². The molecule has 3 nitrogen and oxygen atoms in total. The van der Waals surface area contributed by atoms with Gasteiger partial charge in [-0.2, -0.15) is 0 Å². The van der Waals surface area contributed by atoms with Crippen molar-refractivity contribution in [2.24, 2.45) is 11.8 Å². The van der Waals surface area contributed by atoms with Crippen LogP contribution in [0.2, 0.25) is 5.02 Å². The van der Waals surface area contributed by atoms with E-state index in [0.717, 1.165) is 41.0 Å². The molecule has 1 N–H and O–H groups in total. The van der Waals surface area contributed by atoms with E-state index in [4.69, 9.17) is 16.3 Å². The Kier molecular flexibility index (Phi) is 5.72. The van der Waals surface area contributed by atoms with Gasteiger partial charge in [-0.15, -0.1) is 0 Å². The van der Waals surface area contributed by atoms with Crippen molar-refractivity contribution < 1.29 is 9.53 Å². The highest BCUT2D eigenvalue weighted by atomic mass is 35.5. The van der Waals surface area contributed by atoms with Crippen LogP contribution >= 0.6 is 11.6 Å². The van der Waals surface area contributed by atoms with E-state index >= 15 is 0 Å². The lowest BCUT2D eigenvalue weighted by Crippen LogP contribution is -2.60. The average molecular weight is 412 g/mol. The third-order valence-corrected chi connectivity index (χ3v) is 6.96. The molecule has 0 radical (unpaired) electrons. The Morgan fingerprint density at radius 1 is 1.17 bits per heavy atom. The van der Waals surface area contributed by atoms with Gasteiger partial charge in [0, 0.05) is 28.5 Å². The van der Waals surface area contributed by atoms with Crippen molar-refractivity contribution in [2.45, 2.75) is 64.2 Å². The van der Waals surface area contributed by atoms with Crippen LogP contribution in [0.1, 0.15) is 67.1 Å². The normalized spacial score (nSPS) is 31.7. The molecule has 2 aromatic carbocycles. The summed E-state index contributed by atoms with van der Waals surface area (Å²) < 4.78 is 6.59. The van der Waals surface area contributed by atoms with Gasteiger partial charge in [0.25, 0.3) is 5.91 Å². The van der Waals surface area contributed by atoms with Gasteiger partial charge in [-0.25, -0.2) is 0 Å². The molecule has 0 unspecified atom stereocenters. The van der Waals surface area contributed by atoms with Crippen LogP contribution in [0, 0.1) is 18.8 Å². The van der Waals surface area contributed by atoms with Gasteiger partial charge in [-0.05, 0) is 62.4 Å². The van der Waals surface area contributed by atoms with Gasteiger partial charge in [-0.1, -0.05) is 54.8 Å². The highest BCUT2D eigenvalue weighted by Gasteiger charge is 2.49. The molecule has 0 spiro atoms. The van der Waals surface area contributed by atoms with Gasteiger partial charge in [0.1, 0.15) is 0 Å². The molecule has 4 rings (SSSR count). The third-order valence-electron chi connectivity index (χ3n) is 6.72. The minimum atomic E-state index is -0.323. The number of fused-ring (bicyclic) bond motifs is 1. The van der Waals surface area contributed by atoms with E-state index in [1.54, 1.807) is 0 Å². The number of halogens is 1. The molecule has 2 aromatic rings. The van der Waals surface area contributed by atoms with Crippen molar-refractivity contribution in [3.63, 3.8) is 0 Å². The molecule has 154 valence electrons. The molecule has 2 aliphatic rings. The quantitative estimate of drug-likeness (QED) is 0.662. The number of benzene rings is 2. The summed E-state index contributed by atoms with van der Waals surface area (Å²) in [5.74, 6) is 0.967. The van der Waals surface area contributed by atoms with E-state index in [1.165, 1.54) is 6.42 Å². The largest absolute Gasteiger partial charge is 0.370 e. The van der Waals surface area contributed by atoms with Crippen LogP contribution in [0.3, 0.4) is 0 Å². The zero-order chi connectivity index (χ0) is 20.6. The number of nitrogens with one attached hydrogen (secondary N) is 1. The fourth-order valence-corrected chi connectivity index (χ4v) is 5.37. The predicted molar refractivity (Wildman–Crippen MR) is 117 cm³/mol. The van der Waals surface area contributed by atoms with Gasteiger partial charge in [0.15, 0.2) is 0 Å². The van der Waals surface area contributed by atoms with Gasteiger partial charge in [0.2, 0.25) is 0 Å². The molecule has 1 heterocycles. The summed E-state index contributed by atoms with van der Waals surface area (Å²) in [5.41, 5.74) is 2.58. The molecule has 1 aliphatic carbocycles. The number of rotatable bonds is 3. The lowest BCUT2D eigenvalue weighted by Gasteiger charge is -2.52. The van der Waals surface area contributed by atoms with Crippen LogP contribution in [0.4, 0.5) is 0 Å². The SMILES string of the molecule is Cc1cccc(C(=O)N[C@@]2(C)C[C@@H](c3cccc(Cl)c3)O[C@H]3C[C@@H](C)CC[C@@H]32)c1. The minimum absolute atomic E-state index is 0.000293. The van der Waals surface area contributed by atoms with Crippen molar-refractivity contribution in [1.82, 2.24) is 5.32 Å². The number of carbonyl (C=O) groups excluding carboxylic acids is 1. The zero-order valence-electron chi connectivity index (χ0n) is 17.5. The second-order valence-electron chi connectivity index (χ2n) is 9.19. The van der Waals surface area contributed by atoms with Crippen LogP contribution in [0.15, 0.2) is 48.5 Å². The minimum Gasteiger partial charge on any atom is -0.370 e. The second-order valence-corrected chi connectivity index (χ2v) is 9.62. The van der Waals surface area contributed by atoms with Crippen molar-refractivity contribution in [3.05, 3.63) is 70.2 Å². The standard InChI is InChI=1S/C25H30ClNO2/c1-16-6-4-8-19(12-16)24(28)27-25(3)15-23(18-7-5-9-20(26)14-18)29-22-13-17(2)10-11-21(22)25/h4-9,12,14,17,21-23H,10-11,13,15H2,1-3H3,(H,27,28)/t17-,21-,22-,23-,25-/m0/s1. The maximum Gasteiger partial charge on any atom is 0.251 e. The first kappa shape index (κ1) is 20.4. The highest BCUT2D eigenvalue weighted by molar-refractivity contribution is 6.30. The Labute approximate surface area is 178 Å². The van der Waals surface area contributed by atoms with Gasteiger partial charge >= 0.3 is 0 Å². The van der Waals surface area contributed by atoms with Crippen LogP contribution in [-0.2, 0) is 4.74 Å². The molecule has 1 aliphatic heterocycles. The molecule has 1 amide bonds. The lowest BCUT2D eigenvalue weighted by atomic mass is 9.66. The molecule has 1 saturated carbocycles. The van der Waals surface area contributed by atoms with E-state index in [0.29, 0.717) is 11.8 Å². The summed E-state index contributed by atoms with van der Waals surface area (Å²) in [7, 11) is 0. The first-order chi connectivity index (χ1) is 13.8. The molecule has 4 heteroatoms. The Morgan fingerprint density at radius 2 is 1.97 bits per heavy atom. The van der Waals surface area contributed by atoms with E-state index in [1.807, 2.05) is 49.4 Å². The first-order valence-electron chi connectivity index (χ1n) is 10.6. The molecule has 29 heavy (non-hydrogen) atoms. The molecule has 1 saturated heterocycles. The Bertz CT molecular complexity index is 898. The second kappa shape index (κ2) is 8.12. The van der Waals surface area contributed by atoms with E-state index < -0.39 is 0 Å². The number of amides is 1. The first-order valence-corrected chi connectivity index (χ1v) is 11.0. The molecule has 0 bridgehead atoms. The topological polar surface area (TPSA) is 38.3 Å². The van der Waals surface area contributed by atoms with Gasteiger partial charge in [-0.3, -0.25) is 4.79 Å². The molecule has 2 fully saturated rings. The van der Waals surface area contributed by atoms with Crippen molar-refractivity contribution in [3.8, 4) is 0 Å². The zero-order valence-corrected chi connectivity index (χ0v) is 18.2. The number of hydrogen-bond acceptors (Lipinski definition) is 2. The monoisotopic (exact) mass is 411 g/mol. The summed E-state index contributed by atoms with van der Waals surface area (Å²) in [4.78, 5) is 13.1. The maximum absolute atomic E-state index is 13.1. The summed E-state index contributed by atoms with van der Waals surface area (Å²) in [6, 6.07) is 15.7. The third kappa shape index (κ3) is 4.36. The van der Waals surface area contributed by atoms with Crippen LogP contribution in [0.5, 0.6) is 0 Å². The van der Waals surface area contributed by atoms with E-state index in [2.05, 4.69) is 25.2 Å². The van der Waals surface area contributed by atoms with Crippen LogP contribution < -0.4 is 5.32 Å². The molecule has 5 atom stereocenters. The lowest BCUT2D eigenvalue weighted by molar-refractivity contribution is -0.144. The van der Waals surface area contributed by atoms with Gasteiger partial charge in [0.05, 0.1) is 12.2 Å². The molecular weight excluding hydrogens is 382 g/mol. The Balaban J connectivity index is 1.63. The smallest absolute Gasteiger partial charge is 0.251 e. The maximum atomic E-state index is 13.1. The predicted octanol–water partition coefficient (Wildman–Crippen LogP) is 6.10. The molecular formula is C25H30ClNO2. The van der Waals surface area contributed by atoms with Gasteiger partial charge < -0.3 is 10.1 Å². The summed E-state index contributed by atoms with van der Waals surface area (Å²) >= 11 is 6.25. The Morgan fingerprint density at radius 3 is 2.72 bits per heavy atom.